The molecule has 0 aliphatic carbocycles. The number of pyridine rings is 1. The lowest BCUT2D eigenvalue weighted by atomic mass is 9.92. The first kappa shape index (κ1) is 29.9. The molecule has 2 amide bonds. The van der Waals surface area contributed by atoms with Gasteiger partial charge in [0.2, 0.25) is 11.8 Å². The summed E-state index contributed by atoms with van der Waals surface area (Å²) in [7, 11) is 0. The summed E-state index contributed by atoms with van der Waals surface area (Å²) >= 11 is 0. The zero-order chi connectivity index (χ0) is 29.2. The number of carboxylic acids is 1. The number of carboxylic acid groups (broad SMARTS) is 1. The van der Waals surface area contributed by atoms with Gasteiger partial charge in [-0.15, -0.1) is 0 Å². The van der Waals surface area contributed by atoms with Gasteiger partial charge in [-0.2, -0.15) is 5.26 Å². The van der Waals surface area contributed by atoms with Crippen LogP contribution < -0.4 is 15.4 Å². The van der Waals surface area contributed by atoms with E-state index in [0.29, 0.717) is 55.1 Å². The topological polar surface area (TPSA) is 145 Å². The van der Waals surface area contributed by atoms with Gasteiger partial charge in [0, 0.05) is 25.7 Å². The van der Waals surface area contributed by atoms with Crippen LogP contribution in [0.3, 0.4) is 0 Å². The molecule has 41 heavy (non-hydrogen) atoms. The van der Waals surface area contributed by atoms with E-state index in [1.165, 1.54) is 30.6 Å². The quantitative estimate of drug-likeness (QED) is 0.376. The van der Waals surface area contributed by atoms with Gasteiger partial charge >= 0.3 is 5.97 Å². The Morgan fingerprint density at radius 2 is 2.02 bits per heavy atom. The average molecular weight is 566 g/mol. The van der Waals surface area contributed by atoms with Crippen molar-refractivity contribution in [2.45, 2.75) is 57.6 Å². The Morgan fingerprint density at radius 1 is 1.22 bits per heavy atom. The van der Waals surface area contributed by atoms with Crippen LogP contribution in [0.1, 0.15) is 67.7 Å². The maximum atomic E-state index is 13.6. The number of rotatable bonds is 11. The van der Waals surface area contributed by atoms with E-state index < -0.39 is 23.7 Å². The maximum Gasteiger partial charge on any atom is 0.305 e. The van der Waals surface area contributed by atoms with E-state index in [4.69, 9.17) is 10.00 Å². The van der Waals surface area contributed by atoms with Gasteiger partial charge in [-0.3, -0.25) is 19.4 Å². The molecule has 1 unspecified atom stereocenters. The molecule has 2 aromatic rings. The molecule has 0 saturated carbocycles. The molecule has 0 spiro atoms. The summed E-state index contributed by atoms with van der Waals surface area (Å²) in [4.78, 5) is 43.7. The van der Waals surface area contributed by atoms with Gasteiger partial charge < -0.3 is 25.4 Å². The largest absolute Gasteiger partial charge is 0.487 e. The van der Waals surface area contributed by atoms with Crippen molar-refractivity contribution < 1.29 is 28.6 Å². The van der Waals surface area contributed by atoms with E-state index in [1.54, 1.807) is 17.0 Å². The number of benzene rings is 1. The molecule has 3 N–H and O–H groups in total. The van der Waals surface area contributed by atoms with Crippen LogP contribution in [0.5, 0.6) is 5.75 Å². The van der Waals surface area contributed by atoms with E-state index in [0.717, 1.165) is 32.4 Å². The van der Waals surface area contributed by atoms with E-state index in [9.17, 15) is 23.9 Å². The van der Waals surface area contributed by atoms with Crippen molar-refractivity contribution in [2.75, 3.05) is 26.2 Å². The van der Waals surface area contributed by atoms with Crippen molar-refractivity contribution in [3.05, 3.63) is 59.2 Å². The van der Waals surface area contributed by atoms with Crippen molar-refractivity contribution >= 4 is 17.8 Å². The average Bonchev–Trinajstić information content (AvgIpc) is 2.99. The fraction of sp³-hybridized carbons (Fsp3) is 0.500. The summed E-state index contributed by atoms with van der Waals surface area (Å²) in [5.41, 5.74) is 0.948. The highest BCUT2D eigenvalue weighted by atomic mass is 19.1. The lowest BCUT2D eigenvalue weighted by molar-refractivity contribution is -0.138. The third kappa shape index (κ3) is 8.72. The summed E-state index contributed by atoms with van der Waals surface area (Å²) in [6.07, 6.45) is 7.41. The van der Waals surface area contributed by atoms with Crippen molar-refractivity contribution in [2.24, 2.45) is 11.8 Å². The highest BCUT2D eigenvalue weighted by Crippen LogP contribution is 2.25. The number of nitriles is 1. The van der Waals surface area contributed by atoms with Gasteiger partial charge in [-0.05, 0) is 80.4 Å². The lowest BCUT2D eigenvalue weighted by Gasteiger charge is -2.33. The van der Waals surface area contributed by atoms with E-state index in [2.05, 4.69) is 15.6 Å². The van der Waals surface area contributed by atoms with Gasteiger partial charge in [0.05, 0.1) is 30.1 Å². The zero-order valence-corrected chi connectivity index (χ0v) is 23.0. The molecule has 2 fully saturated rings. The van der Waals surface area contributed by atoms with Crippen LogP contribution in [-0.4, -0.2) is 59.0 Å². The van der Waals surface area contributed by atoms with Gasteiger partial charge in [-0.1, -0.05) is 6.07 Å². The number of amides is 2. The van der Waals surface area contributed by atoms with Crippen molar-refractivity contribution in [1.82, 2.24) is 20.5 Å². The highest BCUT2D eigenvalue weighted by Gasteiger charge is 2.31. The molecule has 2 aliphatic heterocycles. The number of halogens is 1. The number of hydrogen-bond acceptors (Lipinski definition) is 7. The molecular formula is C30H36FN5O5. The molecule has 1 aromatic heterocycles. The summed E-state index contributed by atoms with van der Waals surface area (Å²) in [6.45, 7) is 2.97. The minimum atomic E-state index is -1.09. The normalized spacial score (nSPS) is 18.2. The standard InChI is InChI=1S/C30H36FN5O5/c31-26-5-3-21(12-23(26)15-32)19-41-25-13-24(16-34-17-25)27(14-29(38)39)35-30(40)22-2-1-11-36(18-22)28(37)6-4-20-7-9-33-10-8-20/h3,5,12-13,16-17,20,22,27,33H,1-2,4,6-11,14,18-19H2,(H,35,40)(H,38,39)/t22-,27?/m1/s1. The summed E-state index contributed by atoms with van der Waals surface area (Å²) in [6, 6.07) is 6.64. The van der Waals surface area contributed by atoms with Crippen LogP contribution in [0.2, 0.25) is 0 Å². The zero-order valence-electron chi connectivity index (χ0n) is 23.0. The molecule has 11 heteroatoms. The molecule has 0 radical (unpaired) electrons. The number of carbonyl (C=O) groups excluding carboxylic acids is 2. The Labute approximate surface area is 238 Å². The molecule has 2 aliphatic rings. The van der Waals surface area contributed by atoms with Gasteiger partial charge in [0.15, 0.2) is 0 Å². The Hall–Kier alpha value is -4.04. The van der Waals surface area contributed by atoms with Crippen LogP contribution in [0.4, 0.5) is 4.39 Å². The second kappa shape index (κ2) is 14.6. The minimum Gasteiger partial charge on any atom is -0.487 e. The molecule has 4 rings (SSSR count). The SMILES string of the molecule is N#Cc1cc(COc2cncc(C(CC(=O)O)NC(=O)[C@@H]3CCCN(C(=O)CCC4CCNCC4)C3)c2)ccc1F. The Bertz CT molecular complexity index is 1280. The third-order valence-electron chi connectivity index (χ3n) is 7.76. The van der Waals surface area contributed by atoms with E-state index in [-0.39, 0.29) is 30.4 Å². The number of hydrogen-bond donors (Lipinski definition) is 3. The van der Waals surface area contributed by atoms with Gasteiger partial charge in [-0.25, -0.2) is 4.39 Å². The number of carbonyl (C=O) groups is 3. The van der Waals surface area contributed by atoms with Crippen LogP contribution in [0.15, 0.2) is 36.7 Å². The summed E-state index contributed by atoms with van der Waals surface area (Å²) in [5.74, 6) is -1.47. The number of aliphatic carboxylic acids is 1. The number of nitrogens with zero attached hydrogens (tertiary/aromatic N) is 3. The monoisotopic (exact) mass is 565 g/mol. The molecule has 218 valence electrons. The smallest absolute Gasteiger partial charge is 0.305 e. The Morgan fingerprint density at radius 3 is 2.78 bits per heavy atom. The van der Waals surface area contributed by atoms with Gasteiger partial charge in [0.1, 0.15) is 24.2 Å². The number of nitrogens with one attached hydrogen (secondary N) is 2. The summed E-state index contributed by atoms with van der Waals surface area (Å²) in [5, 5.41) is 24.8. The van der Waals surface area contributed by atoms with Crippen molar-refractivity contribution in [3.63, 3.8) is 0 Å². The second-order valence-corrected chi connectivity index (χ2v) is 10.7. The number of ether oxygens (including phenoxy) is 1. The molecule has 3 heterocycles. The minimum absolute atomic E-state index is 0.0413. The van der Waals surface area contributed by atoms with E-state index >= 15 is 0 Å². The first-order valence-electron chi connectivity index (χ1n) is 14.1. The Balaban J connectivity index is 1.36. The molecule has 10 nitrogen and oxygen atoms in total. The van der Waals surface area contributed by atoms with Crippen molar-refractivity contribution in [3.8, 4) is 11.8 Å². The van der Waals surface area contributed by atoms with E-state index in [1.807, 2.05) is 0 Å². The first-order chi connectivity index (χ1) is 19.8. The fourth-order valence-corrected chi connectivity index (χ4v) is 5.41. The highest BCUT2D eigenvalue weighted by molar-refractivity contribution is 5.82. The second-order valence-electron chi connectivity index (χ2n) is 10.7. The molecule has 2 atom stereocenters. The summed E-state index contributed by atoms with van der Waals surface area (Å²) < 4.78 is 19.4. The van der Waals surface area contributed by atoms with Crippen molar-refractivity contribution in [1.29, 1.82) is 5.26 Å². The lowest BCUT2D eigenvalue weighted by Crippen LogP contribution is -2.46. The number of likely N-dealkylation sites (tertiary alicyclic amines) is 1. The van der Waals surface area contributed by atoms with Crippen LogP contribution in [0, 0.1) is 29.0 Å². The molecular weight excluding hydrogens is 529 g/mol. The van der Waals surface area contributed by atoms with Gasteiger partial charge in [0.25, 0.3) is 0 Å². The van der Waals surface area contributed by atoms with Crippen LogP contribution in [-0.2, 0) is 21.0 Å². The van der Waals surface area contributed by atoms with Crippen LogP contribution >= 0.6 is 0 Å². The first-order valence-corrected chi connectivity index (χ1v) is 14.1. The third-order valence-corrected chi connectivity index (χ3v) is 7.76. The number of aromatic nitrogens is 1. The molecule has 0 bridgehead atoms. The molecule has 1 aromatic carbocycles. The predicted molar refractivity (Wildman–Crippen MR) is 147 cm³/mol. The Kier molecular flexibility index (Phi) is 10.6. The van der Waals surface area contributed by atoms with Crippen LogP contribution in [0.25, 0.3) is 0 Å². The number of piperidine rings is 2. The molecule has 2 saturated heterocycles. The fourth-order valence-electron chi connectivity index (χ4n) is 5.41. The predicted octanol–water partition coefficient (Wildman–Crippen LogP) is 3.32. The maximum absolute atomic E-state index is 13.6.